The summed E-state index contributed by atoms with van der Waals surface area (Å²) in [5.41, 5.74) is 6.24. The van der Waals surface area contributed by atoms with Gasteiger partial charge in [-0.3, -0.25) is 0 Å². The fourth-order valence-electron chi connectivity index (χ4n) is 2.34. The van der Waals surface area contributed by atoms with Crippen molar-refractivity contribution in [3.63, 3.8) is 0 Å². The molecular formula is C14H22N2O4S. The van der Waals surface area contributed by atoms with Crippen molar-refractivity contribution < 1.29 is 17.9 Å². The van der Waals surface area contributed by atoms with Gasteiger partial charge in [0, 0.05) is 32.0 Å². The lowest BCUT2D eigenvalue weighted by molar-refractivity contribution is 0.0604. The van der Waals surface area contributed by atoms with Gasteiger partial charge in [0.25, 0.3) is 0 Å². The van der Waals surface area contributed by atoms with Crippen molar-refractivity contribution in [2.75, 3.05) is 38.3 Å². The van der Waals surface area contributed by atoms with Crippen LogP contribution in [0.15, 0.2) is 24.3 Å². The topological polar surface area (TPSA) is 81.9 Å². The Bertz CT molecular complexity index is 554. The van der Waals surface area contributed by atoms with E-state index in [4.69, 9.17) is 15.2 Å². The minimum Gasteiger partial charge on any atom is -0.492 e. The highest BCUT2D eigenvalue weighted by atomic mass is 32.2. The van der Waals surface area contributed by atoms with Gasteiger partial charge in [-0.2, -0.15) is 0 Å². The van der Waals surface area contributed by atoms with Crippen LogP contribution in [0.4, 0.5) is 5.69 Å². The summed E-state index contributed by atoms with van der Waals surface area (Å²) >= 11 is 0. The summed E-state index contributed by atoms with van der Waals surface area (Å²) < 4.78 is 36.6. The molecule has 0 atom stereocenters. The third kappa shape index (κ3) is 4.59. The number of nitrogen functional groups attached to an aromatic ring is 1. The van der Waals surface area contributed by atoms with Crippen LogP contribution in [0.25, 0.3) is 0 Å². The number of piperidine rings is 1. The maximum atomic E-state index is 12.2. The number of rotatable bonds is 6. The second-order valence-electron chi connectivity index (χ2n) is 5.07. The lowest BCUT2D eigenvalue weighted by Crippen LogP contribution is -2.42. The lowest BCUT2D eigenvalue weighted by atomic mass is 10.1. The molecule has 2 N–H and O–H groups in total. The van der Waals surface area contributed by atoms with Crippen molar-refractivity contribution >= 4 is 15.7 Å². The number of sulfonamides is 1. The van der Waals surface area contributed by atoms with E-state index in [1.165, 1.54) is 4.31 Å². The molecular weight excluding hydrogens is 292 g/mol. The van der Waals surface area contributed by atoms with Crippen LogP contribution in [0, 0.1) is 0 Å². The summed E-state index contributed by atoms with van der Waals surface area (Å²) in [5.74, 6) is 0.558. The number of ether oxygens (including phenoxy) is 2. The van der Waals surface area contributed by atoms with E-state index >= 15 is 0 Å². The molecule has 0 unspecified atom stereocenters. The average molecular weight is 314 g/mol. The van der Waals surface area contributed by atoms with Crippen LogP contribution < -0.4 is 10.5 Å². The first-order chi connectivity index (χ1) is 10.0. The van der Waals surface area contributed by atoms with Gasteiger partial charge < -0.3 is 15.2 Å². The first kappa shape index (κ1) is 16.1. The van der Waals surface area contributed by atoms with Crippen LogP contribution in [-0.2, 0) is 14.8 Å². The quantitative estimate of drug-likeness (QED) is 0.795. The van der Waals surface area contributed by atoms with E-state index < -0.39 is 10.0 Å². The van der Waals surface area contributed by atoms with Crippen molar-refractivity contribution in [2.24, 2.45) is 0 Å². The Morgan fingerprint density at radius 3 is 2.67 bits per heavy atom. The van der Waals surface area contributed by atoms with Crippen molar-refractivity contribution in [3.8, 4) is 5.75 Å². The molecule has 1 aromatic rings. The molecule has 7 heteroatoms. The first-order valence-electron chi connectivity index (χ1n) is 7.00. The molecule has 0 aliphatic carbocycles. The SMILES string of the molecule is COC1CCN(S(=O)(=O)CCOc2cccc(N)c2)CC1. The van der Waals surface area contributed by atoms with E-state index in [1.807, 2.05) is 0 Å². The predicted molar refractivity (Wildman–Crippen MR) is 81.7 cm³/mol. The molecule has 6 nitrogen and oxygen atoms in total. The number of hydrogen-bond donors (Lipinski definition) is 1. The summed E-state index contributed by atoms with van der Waals surface area (Å²) in [7, 11) is -1.61. The van der Waals surface area contributed by atoms with E-state index in [0.29, 0.717) is 24.5 Å². The Labute approximate surface area is 125 Å². The Hall–Kier alpha value is -1.31. The standard InChI is InChI=1S/C14H22N2O4S/c1-19-13-5-7-16(8-6-13)21(17,18)10-9-20-14-4-2-3-12(15)11-14/h2-4,11,13H,5-10,15H2,1H3. The zero-order valence-corrected chi connectivity index (χ0v) is 13.0. The third-order valence-electron chi connectivity index (χ3n) is 3.60. The van der Waals surface area contributed by atoms with Crippen molar-refractivity contribution in [2.45, 2.75) is 18.9 Å². The van der Waals surface area contributed by atoms with Crippen LogP contribution in [-0.4, -0.2) is 51.4 Å². The second-order valence-corrected chi connectivity index (χ2v) is 7.16. The zero-order chi connectivity index (χ0) is 15.3. The van der Waals surface area contributed by atoms with Gasteiger partial charge in [-0.25, -0.2) is 12.7 Å². The van der Waals surface area contributed by atoms with Gasteiger partial charge in [-0.15, -0.1) is 0 Å². The zero-order valence-electron chi connectivity index (χ0n) is 12.2. The number of hydrogen-bond acceptors (Lipinski definition) is 5. The molecule has 0 aromatic heterocycles. The van der Waals surface area contributed by atoms with Crippen molar-refractivity contribution in [1.29, 1.82) is 0 Å². The van der Waals surface area contributed by atoms with Crippen molar-refractivity contribution in [3.05, 3.63) is 24.3 Å². The van der Waals surface area contributed by atoms with E-state index in [-0.39, 0.29) is 18.5 Å². The van der Waals surface area contributed by atoms with E-state index in [9.17, 15) is 8.42 Å². The van der Waals surface area contributed by atoms with Crippen LogP contribution in [0.1, 0.15) is 12.8 Å². The molecule has 1 aliphatic rings. The maximum Gasteiger partial charge on any atom is 0.217 e. The number of nitrogens with two attached hydrogens (primary N) is 1. The summed E-state index contributed by atoms with van der Waals surface area (Å²) in [5, 5.41) is 0. The van der Waals surface area contributed by atoms with E-state index in [2.05, 4.69) is 0 Å². The minimum atomic E-state index is -3.27. The van der Waals surface area contributed by atoms with Gasteiger partial charge in [0.15, 0.2) is 0 Å². The van der Waals surface area contributed by atoms with Crippen LogP contribution in [0.2, 0.25) is 0 Å². The predicted octanol–water partition coefficient (Wildman–Crippen LogP) is 1.09. The first-order valence-corrected chi connectivity index (χ1v) is 8.61. The van der Waals surface area contributed by atoms with Crippen LogP contribution in [0.3, 0.4) is 0 Å². The fraction of sp³-hybridized carbons (Fsp3) is 0.571. The Balaban J connectivity index is 1.82. The largest absolute Gasteiger partial charge is 0.492 e. The van der Waals surface area contributed by atoms with Crippen molar-refractivity contribution in [1.82, 2.24) is 4.31 Å². The molecule has 1 aromatic carbocycles. The molecule has 0 saturated carbocycles. The number of anilines is 1. The molecule has 1 saturated heterocycles. The third-order valence-corrected chi connectivity index (χ3v) is 5.43. The Morgan fingerprint density at radius 1 is 1.33 bits per heavy atom. The van der Waals surface area contributed by atoms with Gasteiger partial charge in [-0.05, 0) is 25.0 Å². The van der Waals surface area contributed by atoms with Crippen LogP contribution in [0.5, 0.6) is 5.75 Å². The van der Waals surface area contributed by atoms with Crippen LogP contribution >= 0.6 is 0 Å². The highest BCUT2D eigenvalue weighted by molar-refractivity contribution is 7.89. The smallest absolute Gasteiger partial charge is 0.217 e. The molecule has 1 heterocycles. The molecule has 0 bridgehead atoms. The maximum absolute atomic E-state index is 12.2. The fourth-order valence-corrected chi connectivity index (χ4v) is 3.66. The normalized spacial score (nSPS) is 17.8. The molecule has 0 amide bonds. The molecule has 118 valence electrons. The van der Waals surface area contributed by atoms with Gasteiger partial charge in [0.05, 0.1) is 11.9 Å². The minimum absolute atomic E-state index is 0.0283. The molecule has 0 spiro atoms. The number of benzene rings is 1. The van der Waals surface area contributed by atoms with Gasteiger partial charge >= 0.3 is 0 Å². The number of nitrogens with zero attached hydrogens (tertiary/aromatic N) is 1. The number of methoxy groups -OCH3 is 1. The summed E-state index contributed by atoms with van der Waals surface area (Å²) in [6, 6.07) is 6.96. The highest BCUT2D eigenvalue weighted by Crippen LogP contribution is 2.17. The monoisotopic (exact) mass is 314 g/mol. The van der Waals surface area contributed by atoms with E-state index in [1.54, 1.807) is 31.4 Å². The lowest BCUT2D eigenvalue weighted by Gasteiger charge is -2.30. The summed E-state index contributed by atoms with van der Waals surface area (Å²) in [6.45, 7) is 1.15. The van der Waals surface area contributed by atoms with Gasteiger partial charge in [0.2, 0.25) is 10.0 Å². The summed E-state index contributed by atoms with van der Waals surface area (Å²) in [6.07, 6.45) is 1.65. The summed E-state index contributed by atoms with van der Waals surface area (Å²) in [4.78, 5) is 0. The van der Waals surface area contributed by atoms with Gasteiger partial charge in [-0.1, -0.05) is 6.07 Å². The van der Waals surface area contributed by atoms with Gasteiger partial charge in [0.1, 0.15) is 12.4 Å². The molecule has 21 heavy (non-hydrogen) atoms. The Kier molecular flexibility index (Phi) is 5.44. The molecule has 2 rings (SSSR count). The van der Waals surface area contributed by atoms with E-state index in [0.717, 1.165) is 12.8 Å². The highest BCUT2D eigenvalue weighted by Gasteiger charge is 2.27. The molecule has 1 aliphatic heterocycles. The Morgan fingerprint density at radius 2 is 2.05 bits per heavy atom. The average Bonchev–Trinajstić information content (AvgIpc) is 2.47. The second kappa shape index (κ2) is 7.11. The molecule has 0 radical (unpaired) electrons. The molecule has 1 fully saturated rings.